The SMILES string of the molecule is CC1CCN(C(=O)OCC2c3ccccc3-c3ccccc32)CC1CC(=O)O. The maximum atomic E-state index is 12.7. The molecule has 1 saturated heterocycles. The minimum Gasteiger partial charge on any atom is -0.481 e. The highest BCUT2D eigenvalue weighted by atomic mass is 16.6. The van der Waals surface area contributed by atoms with Crippen LogP contribution in [0.1, 0.15) is 36.8 Å². The minimum atomic E-state index is -0.814. The van der Waals surface area contributed by atoms with Gasteiger partial charge in [0.15, 0.2) is 0 Å². The molecular weight excluding hydrogens is 354 g/mol. The van der Waals surface area contributed by atoms with Crippen LogP contribution in [0.3, 0.4) is 0 Å². The zero-order valence-electron chi connectivity index (χ0n) is 16.0. The Morgan fingerprint density at radius 3 is 2.29 bits per heavy atom. The number of hydrogen-bond acceptors (Lipinski definition) is 3. The largest absolute Gasteiger partial charge is 0.481 e. The molecule has 0 radical (unpaired) electrons. The van der Waals surface area contributed by atoms with Gasteiger partial charge in [-0.1, -0.05) is 55.5 Å². The van der Waals surface area contributed by atoms with Gasteiger partial charge in [0.2, 0.25) is 0 Å². The Morgan fingerprint density at radius 2 is 1.68 bits per heavy atom. The van der Waals surface area contributed by atoms with E-state index < -0.39 is 5.97 Å². The van der Waals surface area contributed by atoms with Gasteiger partial charge in [-0.05, 0) is 40.5 Å². The number of carboxylic acids is 1. The van der Waals surface area contributed by atoms with Gasteiger partial charge in [0, 0.05) is 19.0 Å². The van der Waals surface area contributed by atoms with Gasteiger partial charge in [0.25, 0.3) is 0 Å². The van der Waals surface area contributed by atoms with Crippen LogP contribution in [0.2, 0.25) is 0 Å². The molecule has 0 bridgehead atoms. The number of amides is 1. The highest BCUT2D eigenvalue weighted by Gasteiger charge is 2.33. The second-order valence-corrected chi connectivity index (χ2v) is 7.87. The van der Waals surface area contributed by atoms with Gasteiger partial charge in [0.05, 0.1) is 6.42 Å². The van der Waals surface area contributed by atoms with E-state index in [2.05, 4.69) is 31.2 Å². The maximum Gasteiger partial charge on any atom is 0.409 e. The number of benzene rings is 2. The Labute approximate surface area is 164 Å². The third-order valence-corrected chi connectivity index (χ3v) is 6.15. The number of hydrogen-bond donors (Lipinski definition) is 1. The lowest BCUT2D eigenvalue weighted by atomic mass is 9.85. The summed E-state index contributed by atoms with van der Waals surface area (Å²) >= 11 is 0. The number of rotatable bonds is 4. The third-order valence-electron chi connectivity index (χ3n) is 6.15. The molecule has 1 heterocycles. The predicted molar refractivity (Wildman–Crippen MR) is 106 cm³/mol. The molecule has 0 aromatic heterocycles. The van der Waals surface area contributed by atoms with Crippen molar-refractivity contribution < 1.29 is 19.4 Å². The van der Waals surface area contributed by atoms with Gasteiger partial charge in [0.1, 0.15) is 6.61 Å². The summed E-state index contributed by atoms with van der Waals surface area (Å²) in [5.74, 6) is -0.499. The van der Waals surface area contributed by atoms with Crippen molar-refractivity contribution in [2.75, 3.05) is 19.7 Å². The number of fused-ring (bicyclic) bond motifs is 3. The lowest BCUT2D eigenvalue weighted by Gasteiger charge is -2.36. The number of ether oxygens (including phenoxy) is 1. The predicted octanol–water partition coefficient (Wildman–Crippen LogP) is 4.37. The van der Waals surface area contributed by atoms with E-state index in [1.54, 1.807) is 4.90 Å². The lowest BCUT2D eigenvalue weighted by molar-refractivity contribution is -0.139. The van der Waals surface area contributed by atoms with Crippen LogP contribution < -0.4 is 0 Å². The van der Waals surface area contributed by atoms with Crippen molar-refractivity contribution in [2.45, 2.75) is 25.7 Å². The topological polar surface area (TPSA) is 66.8 Å². The van der Waals surface area contributed by atoms with Crippen molar-refractivity contribution in [1.29, 1.82) is 0 Å². The first-order valence-electron chi connectivity index (χ1n) is 9.86. The van der Waals surface area contributed by atoms with E-state index >= 15 is 0 Å². The first-order valence-corrected chi connectivity index (χ1v) is 9.86. The van der Waals surface area contributed by atoms with Crippen molar-refractivity contribution in [2.24, 2.45) is 11.8 Å². The van der Waals surface area contributed by atoms with Crippen molar-refractivity contribution in [3.05, 3.63) is 59.7 Å². The Bertz CT molecular complexity index is 848. The number of likely N-dealkylation sites (tertiary alicyclic amines) is 1. The molecule has 1 fully saturated rings. The summed E-state index contributed by atoms with van der Waals surface area (Å²) in [5.41, 5.74) is 4.78. The second-order valence-electron chi connectivity index (χ2n) is 7.87. The molecule has 2 aromatic carbocycles. The molecule has 146 valence electrons. The summed E-state index contributed by atoms with van der Waals surface area (Å²) in [7, 11) is 0. The first kappa shape index (κ1) is 18.5. The van der Waals surface area contributed by atoms with Crippen LogP contribution in [0, 0.1) is 11.8 Å². The van der Waals surface area contributed by atoms with Gasteiger partial charge < -0.3 is 14.7 Å². The summed E-state index contributed by atoms with van der Waals surface area (Å²) in [6.07, 6.45) is 0.556. The van der Waals surface area contributed by atoms with Crippen molar-refractivity contribution in [1.82, 2.24) is 4.90 Å². The van der Waals surface area contributed by atoms with Crippen molar-refractivity contribution in [3.63, 3.8) is 0 Å². The fourth-order valence-corrected chi connectivity index (χ4v) is 4.49. The van der Waals surface area contributed by atoms with Gasteiger partial charge in [-0.3, -0.25) is 4.79 Å². The fourth-order valence-electron chi connectivity index (χ4n) is 4.49. The quantitative estimate of drug-likeness (QED) is 0.857. The van der Waals surface area contributed by atoms with Crippen LogP contribution in [0.5, 0.6) is 0 Å². The summed E-state index contributed by atoms with van der Waals surface area (Å²) in [6.45, 7) is 3.42. The molecule has 2 aliphatic rings. The summed E-state index contributed by atoms with van der Waals surface area (Å²) in [5, 5.41) is 9.11. The average molecular weight is 379 g/mol. The monoisotopic (exact) mass is 379 g/mol. The van der Waals surface area contributed by atoms with Crippen LogP contribution in [-0.4, -0.2) is 41.8 Å². The second kappa shape index (κ2) is 7.66. The molecule has 0 saturated carbocycles. The van der Waals surface area contributed by atoms with E-state index in [4.69, 9.17) is 9.84 Å². The van der Waals surface area contributed by atoms with Crippen LogP contribution in [0.25, 0.3) is 11.1 Å². The number of piperidine rings is 1. The zero-order chi connectivity index (χ0) is 19.7. The van der Waals surface area contributed by atoms with Crippen molar-refractivity contribution in [3.8, 4) is 11.1 Å². The van der Waals surface area contributed by atoms with Gasteiger partial charge in [-0.25, -0.2) is 4.79 Å². The summed E-state index contributed by atoms with van der Waals surface area (Å²) in [4.78, 5) is 25.4. The van der Waals surface area contributed by atoms with Gasteiger partial charge >= 0.3 is 12.1 Å². The molecule has 2 aromatic rings. The number of carboxylic acid groups (broad SMARTS) is 1. The minimum absolute atomic E-state index is 0.0215. The summed E-state index contributed by atoms with van der Waals surface area (Å²) < 4.78 is 5.71. The number of nitrogens with zero attached hydrogens (tertiary/aromatic N) is 1. The molecular formula is C23H25NO4. The maximum absolute atomic E-state index is 12.7. The van der Waals surface area contributed by atoms with E-state index in [9.17, 15) is 9.59 Å². The third kappa shape index (κ3) is 3.49. The number of carbonyl (C=O) groups is 2. The number of aliphatic carboxylic acids is 1. The fraction of sp³-hybridized carbons (Fsp3) is 0.391. The van der Waals surface area contributed by atoms with Gasteiger partial charge in [-0.2, -0.15) is 0 Å². The smallest absolute Gasteiger partial charge is 0.409 e. The van der Waals surface area contributed by atoms with Gasteiger partial charge in [-0.15, -0.1) is 0 Å². The van der Waals surface area contributed by atoms with E-state index in [1.165, 1.54) is 22.3 Å². The van der Waals surface area contributed by atoms with E-state index in [-0.39, 0.29) is 24.3 Å². The van der Waals surface area contributed by atoms with Crippen molar-refractivity contribution >= 4 is 12.1 Å². The summed E-state index contributed by atoms with van der Waals surface area (Å²) in [6, 6.07) is 16.5. The Hall–Kier alpha value is -2.82. The van der Waals surface area contributed by atoms with E-state index in [0.29, 0.717) is 25.6 Å². The van der Waals surface area contributed by atoms with E-state index in [1.807, 2.05) is 24.3 Å². The highest BCUT2D eigenvalue weighted by molar-refractivity contribution is 5.79. The molecule has 2 atom stereocenters. The standard InChI is InChI=1S/C23H25NO4/c1-15-10-11-24(13-16(15)12-22(25)26)23(27)28-14-21-19-8-4-2-6-17(19)18-7-3-5-9-20(18)21/h2-9,15-16,21H,10-14H2,1H3,(H,25,26). The van der Waals surface area contributed by atoms with Crippen LogP contribution in [0.4, 0.5) is 4.79 Å². The average Bonchev–Trinajstić information content (AvgIpc) is 3.01. The normalized spacial score (nSPS) is 21.1. The number of carbonyl (C=O) groups excluding carboxylic acids is 1. The molecule has 1 aliphatic heterocycles. The molecule has 4 rings (SSSR count). The van der Waals surface area contributed by atoms with Crippen LogP contribution in [0.15, 0.2) is 48.5 Å². The molecule has 2 unspecified atom stereocenters. The molecule has 0 spiro atoms. The van der Waals surface area contributed by atoms with Crippen LogP contribution in [-0.2, 0) is 9.53 Å². The Morgan fingerprint density at radius 1 is 1.07 bits per heavy atom. The molecule has 5 nitrogen and oxygen atoms in total. The lowest BCUT2D eigenvalue weighted by Crippen LogP contribution is -2.44. The van der Waals surface area contributed by atoms with E-state index in [0.717, 1.165) is 6.42 Å². The molecule has 28 heavy (non-hydrogen) atoms. The molecule has 5 heteroatoms. The molecule has 1 N–H and O–H groups in total. The Balaban J connectivity index is 1.45. The van der Waals surface area contributed by atoms with Crippen LogP contribution >= 0.6 is 0 Å². The molecule has 1 amide bonds. The first-order chi connectivity index (χ1) is 13.5. The zero-order valence-corrected chi connectivity index (χ0v) is 16.0. The Kier molecular flexibility index (Phi) is 5.07. The molecule has 1 aliphatic carbocycles. The highest BCUT2D eigenvalue weighted by Crippen LogP contribution is 2.44.